The van der Waals surface area contributed by atoms with Gasteiger partial charge in [-0.3, -0.25) is 4.90 Å². The Morgan fingerprint density at radius 2 is 2.05 bits per heavy atom. The first-order valence-electron chi connectivity index (χ1n) is 6.09. The van der Waals surface area contributed by atoms with Gasteiger partial charge in [0.05, 0.1) is 23.4 Å². The van der Waals surface area contributed by atoms with Crippen molar-refractivity contribution in [2.24, 2.45) is 0 Å². The number of para-hydroxylation sites is 1. The smallest absolute Gasteiger partial charge is 0.414 e. The third kappa shape index (κ3) is 4.10. The molecule has 0 heterocycles. The number of rotatable bonds is 6. The quantitative estimate of drug-likeness (QED) is 0.596. The lowest BCUT2D eigenvalue weighted by Gasteiger charge is -2.23. The van der Waals surface area contributed by atoms with Gasteiger partial charge in [-0.2, -0.15) is 0 Å². The molecule has 0 saturated heterocycles. The van der Waals surface area contributed by atoms with E-state index in [0.29, 0.717) is 0 Å². The number of ether oxygens (including phenoxy) is 2. The number of carbonyl (C=O) groups excluding carboxylic acids is 2. The summed E-state index contributed by atoms with van der Waals surface area (Å²) >= 11 is 6.13. The largest absolute Gasteiger partial charge is 0.458 e. The fraction of sp³-hybridized carbons (Fsp3) is 0.200. The topological polar surface area (TPSA) is 55.8 Å². The SMILES string of the molecule is C=CCOC(=O)c1cccc(Cl)c1N(CC=C)C(=O)OC. The number of carbonyl (C=O) groups is 2. The van der Waals surface area contributed by atoms with Crippen molar-refractivity contribution in [2.75, 3.05) is 25.2 Å². The van der Waals surface area contributed by atoms with Crippen molar-refractivity contribution in [1.82, 2.24) is 0 Å². The van der Waals surface area contributed by atoms with Crippen molar-refractivity contribution in [1.29, 1.82) is 0 Å². The van der Waals surface area contributed by atoms with E-state index in [1.165, 1.54) is 30.2 Å². The van der Waals surface area contributed by atoms with Crippen LogP contribution in [-0.4, -0.2) is 32.3 Å². The molecule has 0 bridgehead atoms. The molecule has 6 heteroatoms. The van der Waals surface area contributed by atoms with Gasteiger partial charge in [-0.25, -0.2) is 9.59 Å². The highest BCUT2D eigenvalue weighted by molar-refractivity contribution is 6.34. The average molecular weight is 310 g/mol. The van der Waals surface area contributed by atoms with E-state index in [4.69, 9.17) is 21.1 Å². The minimum absolute atomic E-state index is 0.0600. The number of benzene rings is 1. The van der Waals surface area contributed by atoms with Crippen molar-refractivity contribution in [3.05, 3.63) is 54.1 Å². The average Bonchev–Trinajstić information content (AvgIpc) is 2.49. The summed E-state index contributed by atoms with van der Waals surface area (Å²) in [6.07, 6.45) is 2.30. The molecule has 0 aliphatic carbocycles. The van der Waals surface area contributed by atoms with Crippen LogP contribution in [0.5, 0.6) is 0 Å². The first-order valence-corrected chi connectivity index (χ1v) is 6.47. The highest BCUT2D eigenvalue weighted by Gasteiger charge is 2.24. The number of hydrogen-bond acceptors (Lipinski definition) is 4. The summed E-state index contributed by atoms with van der Waals surface area (Å²) in [6.45, 7) is 7.24. The van der Waals surface area contributed by atoms with Crippen molar-refractivity contribution in [2.45, 2.75) is 0 Å². The lowest BCUT2D eigenvalue weighted by atomic mass is 10.1. The normalized spacial score (nSPS) is 9.62. The Labute approximate surface area is 128 Å². The minimum atomic E-state index is -0.652. The summed E-state index contributed by atoms with van der Waals surface area (Å²) in [5, 5.41) is 0.232. The Morgan fingerprint density at radius 3 is 2.62 bits per heavy atom. The Morgan fingerprint density at radius 1 is 1.33 bits per heavy atom. The third-order valence-corrected chi connectivity index (χ3v) is 2.82. The highest BCUT2D eigenvalue weighted by Crippen LogP contribution is 2.31. The van der Waals surface area contributed by atoms with Gasteiger partial charge < -0.3 is 9.47 Å². The van der Waals surface area contributed by atoms with Gasteiger partial charge in [0.25, 0.3) is 0 Å². The minimum Gasteiger partial charge on any atom is -0.458 e. The van der Waals surface area contributed by atoms with Crippen molar-refractivity contribution in [3.8, 4) is 0 Å². The Bertz CT molecular complexity index is 557. The fourth-order valence-corrected chi connectivity index (χ4v) is 1.94. The number of nitrogens with zero attached hydrogens (tertiary/aromatic N) is 1. The highest BCUT2D eigenvalue weighted by atomic mass is 35.5. The summed E-state index contributed by atoms with van der Waals surface area (Å²) < 4.78 is 9.70. The molecule has 1 aromatic rings. The predicted octanol–water partition coefficient (Wildman–Crippen LogP) is 3.44. The molecule has 0 N–H and O–H groups in total. The van der Waals surface area contributed by atoms with Crippen molar-refractivity contribution in [3.63, 3.8) is 0 Å². The fourth-order valence-electron chi connectivity index (χ4n) is 1.66. The molecule has 0 unspecified atom stereocenters. The molecule has 0 fully saturated rings. The molecule has 0 aliphatic heterocycles. The lowest BCUT2D eigenvalue weighted by molar-refractivity contribution is 0.0550. The van der Waals surface area contributed by atoms with Gasteiger partial charge in [0.2, 0.25) is 0 Å². The maximum Gasteiger partial charge on any atom is 0.414 e. The van der Waals surface area contributed by atoms with Gasteiger partial charge in [-0.1, -0.05) is 36.4 Å². The maximum atomic E-state index is 12.1. The van der Waals surface area contributed by atoms with E-state index >= 15 is 0 Å². The van der Waals surface area contributed by atoms with Crippen LogP contribution in [0.2, 0.25) is 5.02 Å². The second-order valence-corrected chi connectivity index (χ2v) is 4.30. The van der Waals surface area contributed by atoms with Crippen LogP contribution in [0.3, 0.4) is 0 Å². The van der Waals surface area contributed by atoms with Gasteiger partial charge >= 0.3 is 12.1 Å². The van der Waals surface area contributed by atoms with Crippen LogP contribution in [0.25, 0.3) is 0 Å². The monoisotopic (exact) mass is 309 g/mol. The van der Waals surface area contributed by atoms with Crippen LogP contribution in [0, 0.1) is 0 Å². The van der Waals surface area contributed by atoms with Crippen LogP contribution in [0.15, 0.2) is 43.5 Å². The van der Waals surface area contributed by atoms with E-state index in [-0.39, 0.29) is 29.4 Å². The standard InChI is InChI=1S/C15H16ClNO4/c1-4-9-17(15(19)20-3)13-11(7-6-8-12(13)16)14(18)21-10-5-2/h4-8H,1-2,9-10H2,3H3. The third-order valence-electron chi connectivity index (χ3n) is 2.52. The Balaban J connectivity index is 3.30. The molecule has 112 valence electrons. The lowest BCUT2D eigenvalue weighted by Crippen LogP contribution is -2.32. The number of amides is 1. The molecule has 21 heavy (non-hydrogen) atoms. The molecular weight excluding hydrogens is 294 g/mol. The first-order chi connectivity index (χ1) is 10.1. The predicted molar refractivity (Wildman–Crippen MR) is 81.9 cm³/mol. The van der Waals surface area contributed by atoms with Crippen molar-refractivity contribution >= 4 is 29.4 Å². The van der Waals surface area contributed by atoms with Crippen LogP contribution < -0.4 is 4.90 Å². The molecule has 1 amide bonds. The van der Waals surface area contributed by atoms with Crippen LogP contribution in [0.4, 0.5) is 10.5 Å². The Hall–Kier alpha value is -2.27. The molecule has 1 rings (SSSR count). The summed E-state index contributed by atoms with van der Waals surface area (Å²) in [4.78, 5) is 25.1. The molecule has 0 aliphatic rings. The van der Waals surface area contributed by atoms with Gasteiger partial charge in [0.15, 0.2) is 0 Å². The van der Waals surface area contributed by atoms with Gasteiger partial charge in [-0.15, -0.1) is 6.58 Å². The summed E-state index contributed by atoms with van der Waals surface area (Å²) in [6, 6.07) is 4.69. The van der Waals surface area contributed by atoms with Crippen LogP contribution in [0.1, 0.15) is 10.4 Å². The molecule has 1 aromatic carbocycles. The molecular formula is C15H16ClNO4. The van der Waals surface area contributed by atoms with E-state index in [0.717, 1.165) is 0 Å². The van der Waals surface area contributed by atoms with Gasteiger partial charge in [0.1, 0.15) is 6.61 Å². The van der Waals surface area contributed by atoms with E-state index in [1.807, 2.05) is 0 Å². The second kappa shape index (κ2) is 8.11. The van der Waals surface area contributed by atoms with Crippen molar-refractivity contribution < 1.29 is 19.1 Å². The van der Waals surface area contributed by atoms with E-state index < -0.39 is 12.1 Å². The molecule has 0 saturated carbocycles. The number of anilines is 1. The number of esters is 1. The zero-order valence-electron chi connectivity index (χ0n) is 11.7. The first kappa shape index (κ1) is 16.8. The van der Waals surface area contributed by atoms with Crippen LogP contribution >= 0.6 is 11.6 Å². The molecule has 0 radical (unpaired) electrons. The molecule has 0 atom stereocenters. The van der Waals surface area contributed by atoms with E-state index in [2.05, 4.69) is 13.2 Å². The van der Waals surface area contributed by atoms with E-state index in [1.54, 1.807) is 12.1 Å². The Kier molecular flexibility index (Phi) is 6.49. The number of hydrogen-bond donors (Lipinski definition) is 0. The summed E-state index contributed by atoms with van der Waals surface area (Å²) in [5.41, 5.74) is 0.386. The molecule has 0 aromatic heterocycles. The second-order valence-electron chi connectivity index (χ2n) is 3.89. The number of halogens is 1. The maximum absolute atomic E-state index is 12.1. The van der Waals surface area contributed by atoms with Gasteiger partial charge in [0, 0.05) is 6.54 Å². The zero-order valence-corrected chi connectivity index (χ0v) is 12.4. The van der Waals surface area contributed by atoms with E-state index in [9.17, 15) is 9.59 Å². The molecule has 5 nitrogen and oxygen atoms in total. The van der Waals surface area contributed by atoms with Crippen LogP contribution in [-0.2, 0) is 9.47 Å². The summed E-state index contributed by atoms with van der Waals surface area (Å²) in [5.74, 6) is -0.606. The zero-order chi connectivity index (χ0) is 15.8. The summed E-state index contributed by atoms with van der Waals surface area (Å²) in [7, 11) is 1.24. The van der Waals surface area contributed by atoms with Gasteiger partial charge in [-0.05, 0) is 12.1 Å². The number of methoxy groups -OCH3 is 1. The molecule has 0 spiro atoms.